The summed E-state index contributed by atoms with van der Waals surface area (Å²) in [6, 6.07) is 22.0. The van der Waals surface area contributed by atoms with Crippen LogP contribution in [0.4, 0.5) is 5.69 Å². The van der Waals surface area contributed by atoms with Crippen molar-refractivity contribution in [1.29, 1.82) is 0 Å². The average molecular weight is 954 g/mol. The van der Waals surface area contributed by atoms with Gasteiger partial charge in [0.25, 0.3) is 5.69 Å². The van der Waals surface area contributed by atoms with Crippen LogP contribution in [0.5, 0.6) is 11.5 Å². The van der Waals surface area contributed by atoms with E-state index in [2.05, 4.69) is 37.8 Å². The van der Waals surface area contributed by atoms with E-state index in [1.807, 2.05) is 42.3 Å². The molecule has 3 aromatic carbocycles. The highest BCUT2D eigenvalue weighted by Crippen LogP contribution is 2.62. The Morgan fingerprint density at radius 3 is 2.34 bits per heavy atom. The van der Waals surface area contributed by atoms with Crippen LogP contribution in [0, 0.1) is 27.9 Å². The number of fused-ring (bicyclic) bond motifs is 2. The van der Waals surface area contributed by atoms with Gasteiger partial charge >= 0.3 is 0 Å². The number of ether oxygens (including phenoxy) is 3. The number of unbranched alkanes of at least 4 members (excludes halogenated alkanes) is 10. The van der Waals surface area contributed by atoms with Crippen LogP contribution in [-0.2, 0) is 21.0 Å². The Hall–Kier alpha value is -4.69. The first-order valence-corrected chi connectivity index (χ1v) is 26.2. The van der Waals surface area contributed by atoms with E-state index in [4.69, 9.17) is 24.2 Å². The summed E-state index contributed by atoms with van der Waals surface area (Å²) in [5.74, 6) is 0.419. The number of hydrogen-bond acceptors (Lipinski definition) is 11. The van der Waals surface area contributed by atoms with Crippen LogP contribution in [0.15, 0.2) is 107 Å². The SMILES string of the molecule is C=CCO[C@@]12Oc3ccc(OCCSc4ccccc4)cc3[C@H]3[C@H](CCCCO)[C@@H](CCCCO)C=C(C(=NOCc4ccc([N+](=O)[O-])cc4)C[C@@H]1N(C)C(=O)CCCCCCCCCCC)[C@H]32. The number of non-ortho nitro benzene ring substituents is 1. The number of amides is 1. The van der Waals surface area contributed by atoms with Crippen molar-refractivity contribution in [3.05, 3.63) is 118 Å². The number of nitrogens with zero attached hydrogens (tertiary/aromatic N) is 3. The van der Waals surface area contributed by atoms with Gasteiger partial charge in [-0.3, -0.25) is 14.9 Å². The van der Waals surface area contributed by atoms with Gasteiger partial charge in [0.05, 0.1) is 29.8 Å². The minimum atomic E-state index is -1.34. The summed E-state index contributed by atoms with van der Waals surface area (Å²) in [4.78, 5) is 34.7. The van der Waals surface area contributed by atoms with E-state index in [1.165, 1.54) is 55.6 Å². The van der Waals surface area contributed by atoms with Gasteiger partial charge < -0.3 is 34.2 Å². The highest BCUT2D eigenvalue weighted by molar-refractivity contribution is 7.99. The minimum Gasteiger partial charge on any atom is -0.493 e. The second kappa shape index (κ2) is 27.5. The van der Waals surface area contributed by atoms with E-state index in [1.54, 1.807) is 30.0 Å². The molecule has 1 heterocycles. The Morgan fingerprint density at radius 2 is 1.65 bits per heavy atom. The predicted octanol–water partition coefficient (Wildman–Crippen LogP) is 12.0. The molecule has 68 heavy (non-hydrogen) atoms. The second-order valence-electron chi connectivity index (χ2n) is 18.6. The van der Waals surface area contributed by atoms with Crippen molar-refractivity contribution < 1.29 is 39.0 Å². The number of nitro benzene ring substituents is 1. The fraction of sp³-hybridized carbons (Fsp3) is 0.564. The average Bonchev–Trinajstić information content (AvgIpc) is 3.35. The zero-order chi connectivity index (χ0) is 48.1. The Morgan fingerprint density at radius 1 is 0.941 bits per heavy atom. The third-order valence-corrected chi connectivity index (χ3v) is 14.9. The normalized spacial score (nSPS) is 22.1. The van der Waals surface area contributed by atoms with Crippen molar-refractivity contribution in [2.45, 2.75) is 145 Å². The molecule has 1 saturated carbocycles. The van der Waals surface area contributed by atoms with Crippen LogP contribution >= 0.6 is 11.8 Å². The van der Waals surface area contributed by atoms with Gasteiger partial charge in [-0.25, -0.2) is 0 Å². The summed E-state index contributed by atoms with van der Waals surface area (Å²) in [6.07, 6.45) is 19.8. The number of allylic oxidation sites excluding steroid dienone is 1. The minimum absolute atomic E-state index is 0.00226. The number of oxime groups is 1. The van der Waals surface area contributed by atoms with Gasteiger partial charge in [0.2, 0.25) is 11.7 Å². The first kappa shape index (κ1) is 52.7. The Balaban J connectivity index is 1.40. The van der Waals surface area contributed by atoms with Gasteiger partial charge in [-0.1, -0.05) is 107 Å². The zero-order valence-corrected chi connectivity index (χ0v) is 41.3. The molecule has 1 fully saturated rings. The van der Waals surface area contributed by atoms with Crippen molar-refractivity contribution in [2.75, 3.05) is 39.2 Å². The predicted molar refractivity (Wildman–Crippen MR) is 270 cm³/mol. The number of carbonyl (C=O) groups excluding carboxylic acids is 1. The molecule has 2 N–H and O–H groups in total. The van der Waals surface area contributed by atoms with E-state index in [9.17, 15) is 25.1 Å². The number of thioether (sulfide) groups is 1. The molecule has 6 atom stereocenters. The highest BCUT2D eigenvalue weighted by Gasteiger charge is 2.65. The van der Waals surface area contributed by atoms with Crippen molar-refractivity contribution in [1.82, 2.24) is 4.90 Å². The third kappa shape index (κ3) is 14.0. The highest BCUT2D eigenvalue weighted by atomic mass is 32.2. The lowest BCUT2D eigenvalue weighted by molar-refractivity contribution is -0.384. The number of aliphatic hydroxyl groups is 2. The second-order valence-corrected chi connectivity index (χ2v) is 19.7. The number of likely N-dealkylation sites (N-methyl/N-ethyl adjacent to an activating group) is 1. The Kier molecular flexibility index (Phi) is 21.3. The lowest BCUT2D eigenvalue weighted by Crippen LogP contribution is -2.69. The van der Waals surface area contributed by atoms with Crippen LogP contribution in [0.2, 0.25) is 0 Å². The maximum absolute atomic E-state index is 14.5. The quantitative estimate of drug-likeness (QED) is 0.0209. The molecule has 0 unspecified atom stereocenters. The van der Waals surface area contributed by atoms with Gasteiger partial charge in [0, 0.05) is 67.4 Å². The van der Waals surface area contributed by atoms with Crippen LogP contribution in [0.25, 0.3) is 0 Å². The topological polar surface area (TPSA) is 153 Å². The fourth-order valence-corrected chi connectivity index (χ4v) is 11.2. The maximum Gasteiger partial charge on any atom is 0.269 e. The number of benzene rings is 3. The molecule has 3 aromatic rings. The lowest BCUT2D eigenvalue weighted by Gasteiger charge is -2.59. The molecule has 12 nitrogen and oxygen atoms in total. The molecule has 1 aliphatic heterocycles. The summed E-state index contributed by atoms with van der Waals surface area (Å²) in [5.41, 5.74) is 3.38. The number of nitro groups is 1. The number of hydrogen-bond donors (Lipinski definition) is 2. The fourth-order valence-electron chi connectivity index (χ4n) is 10.5. The molecule has 13 heteroatoms. The van der Waals surface area contributed by atoms with Gasteiger partial charge in [0.15, 0.2) is 0 Å². The van der Waals surface area contributed by atoms with Gasteiger partial charge in [-0.15, -0.1) is 18.3 Å². The summed E-state index contributed by atoms with van der Waals surface area (Å²) in [7, 11) is 1.86. The molecule has 0 bridgehead atoms. The molecule has 0 aromatic heterocycles. The summed E-state index contributed by atoms with van der Waals surface area (Å²) in [6.45, 7) is 7.26. The smallest absolute Gasteiger partial charge is 0.269 e. The van der Waals surface area contributed by atoms with Gasteiger partial charge in [-0.2, -0.15) is 0 Å². The van der Waals surface area contributed by atoms with E-state index in [0.717, 1.165) is 73.1 Å². The lowest BCUT2D eigenvalue weighted by atomic mass is 9.55. The van der Waals surface area contributed by atoms with Crippen LogP contribution in [-0.4, -0.2) is 82.7 Å². The summed E-state index contributed by atoms with van der Waals surface area (Å²) < 4.78 is 20.9. The van der Waals surface area contributed by atoms with Crippen LogP contribution in [0.1, 0.15) is 133 Å². The number of aliphatic hydroxyl groups excluding tert-OH is 2. The molecule has 0 saturated heterocycles. The van der Waals surface area contributed by atoms with Crippen molar-refractivity contribution in [2.24, 2.45) is 22.9 Å². The standard InChI is InChI=1S/C55H75N3O9S/c1-4-6-7-8-9-10-11-12-16-25-52(61)57(3)51-39-49(56-66-40-41-26-28-43(29-27-41)58(62)63)47-37-42(21-17-19-32-59)46(24-18-20-33-60)53-48-38-44(64-35-36-68-45-22-14-13-15-23-45)30-31-50(48)67-55(51,54(47)53)65-34-5-2/h5,13-15,22-23,26-31,37-38,42,46,51,53-54,59-60H,2,4,6-12,16-21,24-25,32-36,39-40H2,1,3H3/t42-,46+,51-,53+,54+,55+/m0/s1. The molecule has 2 aliphatic carbocycles. The monoisotopic (exact) mass is 954 g/mol. The van der Waals surface area contributed by atoms with E-state index < -0.39 is 22.7 Å². The first-order valence-electron chi connectivity index (χ1n) is 25.2. The molecule has 0 spiro atoms. The molecule has 0 radical (unpaired) electrons. The van der Waals surface area contributed by atoms with Crippen LogP contribution < -0.4 is 9.47 Å². The van der Waals surface area contributed by atoms with Crippen molar-refractivity contribution in [3.8, 4) is 11.5 Å². The van der Waals surface area contributed by atoms with Gasteiger partial charge in [-0.05, 0) is 97.5 Å². The van der Waals surface area contributed by atoms with Crippen molar-refractivity contribution >= 4 is 29.1 Å². The largest absolute Gasteiger partial charge is 0.493 e. The van der Waals surface area contributed by atoms with E-state index in [-0.39, 0.29) is 55.8 Å². The first-order chi connectivity index (χ1) is 33.2. The molecule has 6 rings (SSSR count). The van der Waals surface area contributed by atoms with Crippen molar-refractivity contribution in [3.63, 3.8) is 0 Å². The van der Waals surface area contributed by atoms with Gasteiger partial charge in [0.1, 0.15) is 24.1 Å². The summed E-state index contributed by atoms with van der Waals surface area (Å²) in [5, 5.41) is 36.2. The summed E-state index contributed by atoms with van der Waals surface area (Å²) >= 11 is 1.75. The zero-order valence-electron chi connectivity index (χ0n) is 40.4. The van der Waals surface area contributed by atoms with Crippen LogP contribution in [0.3, 0.4) is 0 Å². The molecule has 370 valence electrons. The number of carbonyl (C=O) groups is 1. The Bertz CT molecular complexity index is 2100. The van der Waals surface area contributed by atoms with E-state index >= 15 is 0 Å². The molecular formula is C55H75N3O9S. The molecule has 3 aliphatic rings. The molecule has 1 amide bonds. The molecular weight excluding hydrogens is 879 g/mol. The van der Waals surface area contributed by atoms with E-state index in [0.29, 0.717) is 43.8 Å². The maximum atomic E-state index is 14.5. The third-order valence-electron chi connectivity index (χ3n) is 13.9. The number of rotatable bonds is 31. The Labute approximate surface area is 408 Å².